The van der Waals surface area contributed by atoms with Gasteiger partial charge in [0, 0.05) is 16.3 Å². The molecule has 3 aromatic carbocycles. The van der Waals surface area contributed by atoms with E-state index in [9.17, 15) is 14.4 Å². The van der Waals surface area contributed by atoms with Crippen LogP contribution in [0.3, 0.4) is 0 Å². The summed E-state index contributed by atoms with van der Waals surface area (Å²) in [6.07, 6.45) is 0. The van der Waals surface area contributed by atoms with E-state index in [1.807, 2.05) is 0 Å². The van der Waals surface area contributed by atoms with Gasteiger partial charge in [0.1, 0.15) is 10.7 Å². The minimum atomic E-state index is -0.652. The molecule has 1 aliphatic heterocycles. The lowest BCUT2D eigenvalue weighted by atomic mass is 10.2. The number of carbonyl (C=O) groups excluding carboxylic acids is 3. The zero-order chi connectivity index (χ0) is 23.7. The van der Waals surface area contributed by atoms with Gasteiger partial charge in [0.2, 0.25) is 0 Å². The molecule has 2 N–H and O–H groups in total. The van der Waals surface area contributed by atoms with Crippen LogP contribution in [0.1, 0.15) is 10.4 Å². The van der Waals surface area contributed by atoms with Gasteiger partial charge in [-0.05, 0) is 60.7 Å². The highest BCUT2D eigenvalue weighted by molar-refractivity contribution is 6.53. The first kappa shape index (κ1) is 23.1. The van der Waals surface area contributed by atoms with Crippen molar-refractivity contribution in [3.8, 4) is 0 Å². The van der Waals surface area contributed by atoms with Gasteiger partial charge in [-0.2, -0.15) is 0 Å². The van der Waals surface area contributed by atoms with Crippen LogP contribution in [0.15, 0.2) is 77.5 Å². The fourth-order valence-corrected chi connectivity index (χ4v) is 3.77. The molecule has 1 aliphatic rings. The lowest BCUT2D eigenvalue weighted by Gasteiger charge is -2.15. The largest absolute Gasteiger partial charge is 0.350 e. The molecule has 0 saturated carbocycles. The Labute approximate surface area is 208 Å². The molecule has 6 nitrogen and oxygen atoms in total. The molecular weight excluding hydrogens is 508 g/mol. The van der Waals surface area contributed by atoms with Crippen LogP contribution in [0.2, 0.25) is 15.1 Å². The molecule has 0 radical (unpaired) electrons. The zero-order valence-corrected chi connectivity index (χ0v) is 19.6. The molecule has 33 heavy (non-hydrogen) atoms. The topological polar surface area (TPSA) is 78.5 Å². The van der Waals surface area contributed by atoms with Gasteiger partial charge in [-0.25, -0.2) is 4.90 Å². The first-order valence-electron chi connectivity index (χ1n) is 9.43. The quantitative estimate of drug-likeness (QED) is 0.385. The van der Waals surface area contributed by atoms with Crippen molar-refractivity contribution in [1.82, 2.24) is 0 Å². The highest BCUT2D eigenvalue weighted by Crippen LogP contribution is 2.32. The number of nitrogens with one attached hydrogen (secondary N) is 2. The first-order chi connectivity index (χ1) is 15.8. The number of imide groups is 1. The summed E-state index contributed by atoms with van der Waals surface area (Å²) in [7, 11) is 0. The van der Waals surface area contributed by atoms with Gasteiger partial charge < -0.3 is 10.6 Å². The Morgan fingerprint density at radius 2 is 1.45 bits per heavy atom. The second-order valence-corrected chi connectivity index (χ2v) is 8.47. The molecule has 0 atom stereocenters. The molecule has 10 heteroatoms. The monoisotopic (exact) mass is 519 g/mol. The highest BCUT2D eigenvalue weighted by atomic mass is 35.5. The van der Waals surface area contributed by atoms with Crippen LogP contribution in [0, 0.1) is 0 Å². The third-order valence-corrected chi connectivity index (χ3v) is 6.15. The van der Waals surface area contributed by atoms with E-state index in [1.165, 1.54) is 0 Å². The van der Waals surface area contributed by atoms with Gasteiger partial charge in [-0.3, -0.25) is 14.4 Å². The van der Waals surface area contributed by atoms with Gasteiger partial charge in [0.25, 0.3) is 17.7 Å². The molecule has 0 spiro atoms. The maximum atomic E-state index is 12.8. The standard InChI is InChI=1S/C23H13Cl4N3O3/c24-13-6-10-15(11-7-13)30-22(32)19(27)20(23(30)33)28-14-8-4-12(5-9-14)21(31)29-17-3-1-2-16(25)18(17)26/h1-11,28H,(H,29,31). The first-order valence-corrected chi connectivity index (χ1v) is 10.9. The van der Waals surface area contributed by atoms with Crippen LogP contribution in [-0.4, -0.2) is 17.7 Å². The summed E-state index contributed by atoms with van der Waals surface area (Å²) in [6, 6.07) is 17.4. The molecule has 0 unspecified atom stereocenters. The molecule has 166 valence electrons. The number of rotatable bonds is 5. The third-order valence-electron chi connectivity index (χ3n) is 4.73. The number of halogens is 4. The Hall–Kier alpha value is -3.03. The summed E-state index contributed by atoms with van der Waals surface area (Å²) in [5.74, 6) is -1.66. The average Bonchev–Trinajstić information content (AvgIpc) is 3.01. The predicted octanol–water partition coefficient (Wildman–Crippen LogP) is 6.33. The van der Waals surface area contributed by atoms with Gasteiger partial charge in [-0.15, -0.1) is 0 Å². The van der Waals surface area contributed by atoms with Crippen LogP contribution in [0.25, 0.3) is 0 Å². The molecule has 1 heterocycles. The summed E-state index contributed by atoms with van der Waals surface area (Å²) >= 11 is 24.1. The number of anilines is 3. The van der Waals surface area contributed by atoms with E-state index < -0.39 is 17.7 Å². The van der Waals surface area contributed by atoms with Crippen LogP contribution in [0.5, 0.6) is 0 Å². The molecule has 3 amide bonds. The number of hydrogen-bond donors (Lipinski definition) is 2. The molecule has 0 aliphatic carbocycles. The van der Waals surface area contributed by atoms with E-state index in [0.717, 1.165) is 4.90 Å². The lowest BCUT2D eigenvalue weighted by molar-refractivity contribution is -0.120. The van der Waals surface area contributed by atoms with Crippen LogP contribution in [-0.2, 0) is 9.59 Å². The third kappa shape index (κ3) is 4.70. The van der Waals surface area contributed by atoms with E-state index in [4.69, 9.17) is 46.4 Å². The molecule has 0 aromatic heterocycles. The summed E-state index contributed by atoms with van der Waals surface area (Å²) in [5.41, 5.74) is 1.45. The van der Waals surface area contributed by atoms with Crippen molar-refractivity contribution < 1.29 is 14.4 Å². The fourth-order valence-electron chi connectivity index (χ4n) is 3.08. The van der Waals surface area contributed by atoms with E-state index in [1.54, 1.807) is 66.7 Å². The Balaban J connectivity index is 1.49. The number of nitrogens with zero attached hydrogens (tertiary/aromatic N) is 1. The predicted molar refractivity (Wildman–Crippen MR) is 131 cm³/mol. The zero-order valence-electron chi connectivity index (χ0n) is 16.5. The van der Waals surface area contributed by atoms with Crippen molar-refractivity contribution >= 4 is 81.2 Å². The molecule has 0 bridgehead atoms. The van der Waals surface area contributed by atoms with Crippen molar-refractivity contribution in [2.24, 2.45) is 0 Å². The smallest absolute Gasteiger partial charge is 0.283 e. The Morgan fingerprint density at radius 1 is 0.788 bits per heavy atom. The van der Waals surface area contributed by atoms with E-state index in [2.05, 4.69) is 10.6 Å². The summed E-state index contributed by atoms with van der Waals surface area (Å²) in [6.45, 7) is 0. The van der Waals surface area contributed by atoms with Crippen molar-refractivity contribution in [3.63, 3.8) is 0 Å². The van der Waals surface area contributed by atoms with Gasteiger partial charge >= 0.3 is 0 Å². The second kappa shape index (κ2) is 9.45. The number of amides is 3. The van der Waals surface area contributed by atoms with Crippen molar-refractivity contribution in [3.05, 3.63) is 98.1 Å². The molecule has 4 rings (SSSR count). The van der Waals surface area contributed by atoms with Gasteiger partial charge in [0.05, 0.1) is 21.4 Å². The molecule has 0 saturated heterocycles. The van der Waals surface area contributed by atoms with E-state index in [0.29, 0.717) is 32.7 Å². The van der Waals surface area contributed by atoms with Crippen molar-refractivity contribution in [2.75, 3.05) is 15.5 Å². The molecular formula is C23H13Cl4N3O3. The van der Waals surface area contributed by atoms with Crippen LogP contribution >= 0.6 is 46.4 Å². The fraction of sp³-hybridized carbons (Fsp3) is 0. The van der Waals surface area contributed by atoms with Crippen molar-refractivity contribution in [2.45, 2.75) is 0 Å². The molecule has 3 aromatic rings. The minimum Gasteiger partial charge on any atom is -0.350 e. The van der Waals surface area contributed by atoms with E-state index >= 15 is 0 Å². The van der Waals surface area contributed by atoms with Crippen LogP contribution in [0.4, 0.5) is 17.1 Å². The minimum absolute atomic E-state index is 0.0699. The average molecular weight is 521 g/mol. The van der Waals surface area contributed by atoms with Gasteiger partial charge in [-0.1, -0.05) is 52.5 Å². The molecule has 0 fully saturated rings. The number of hydrogen-bond acceptors (Lipinski definition) is 4. The SMILES string of the molecule is O=C(Nc1cccc(Cl)c1Cl)c1ccc(NC2=C(Cl)C(=O)N(c3ccc(Cl)cc3)C2=O)cc1. The van der Waals surface area contributed by atoms with E-state index in [-0.39, 0.29) is 15.8 Å². The Kier molecular flexibility index (Phi) is 6.63. The lowest BCUT2D eigenvalue weighted by Crippen LogP contribution is -2.32. The summed E-state index contributed by atoms with van der Waals surface area (Å²) < 4.78 is 0. The Bertz CT molecular complexity index is 1310. The normalized spacial score (nSPS) is 13.5. The maximum Gasteiger partial charge on any atom is 0.283 e. The van der Waals surface area contributed by atoms with Gasteiger partial charge in [0.15, 0.2) is 0 Å². The number of benzene rings is 3. The summed E-state index contributed by atoms with van der Waals surface area (Å²) in [5, 5.41) is 6.33. The highest BCUT2D eigenvalue weighted by Gasteiger charge is 2.38. The van der Waals surface area contributed by atoms with Crippen molar-refractivity contribution in [1.29, 1.82) is 0 Å². The van der Waals surface area contributed by atoms with Crippen LogP contribution < -0.4 is 15.5 Å². The maximum absolute atomic E-state index is 12.8. The summed E-state index contributed by atoms with van der Waals surface area (Å²) in [4.78, 5) is 38.9. The number of carbonyl (C=O) groups is 3. The Morgan fingerprint density at radius 3 is 2.12 bits per heavy atom. The second-order valence-electron chi connectivity index (χ2n) is 6.87.